The van der Waals surface area contributed by atoms with Gasteiger partial charge in [0.05, 0.1) is 5.56 Å². The van der Waals surface area contributed by atoms with E-state index in [1.54, 1.807) is 0 Å². The molecule has 0 spiro atoms. The first-order chi connectivity index (χ1) is 9.49. The normalized spacial score (nSPS) is 22.9. The first-order valence-electron chi connectivity index (χ1n) is 7.25. The van der Waals surface area contributed by atoms with Gasteiger partial charge in [0.15, 0.2) is 0 Å². The molecule has 4 heteroatoms. The SMILES string of the molecule is CC(C)C1CCCCC1NC(=O)c1cc(I)ccc1Br. The minimum atomic E-state index is 0.0490. The Bertz CT molecular complexity index is 489. The van der Waals surface area contributed by atoms with Gasteiger partial charge in [-0.3, -0.25) is 4.79 Å². The van der Waals surface area contributed by atoms with Gasteiger partial charge in [0.1, 0.15) is 0 Å². The third-order valence-corrected chi connectivity index (χ3v) is 5.53. The number of nitrogens with one attached hydrogen (secondary N) is 1. The molecule has 0 radical (unpaired) electrons. The number of amides is 1. The van der Waals surface area contributed by atoms with Crippen LogP contribution in [0, 0.1) is 15.4 Å². The molecule has 1 amide bonds. The van der Waals surface area contributed by atoms with Gasteiger partial charge in [-0.2, -0.15) is 0 Å². The summed E-state index contributed by atoms with van der Waals surface area (Å²) in [5.41, 5.74) is 0.741. The van der Waals surface area contributed by atoms with E-state index in [0.29, 0.717) is 17.9 Å². The highest BCUT2D eigenvalue weighted by Crippen LogP contribution is 2.30. The van der Waals surface area contributed by atoms with E-state index in [4.69, 9.17) is 0 Å². The predicted octanol–water partition coefficient (Wildman–Crippen LogP) is 5.00. The van der Waals surface area contributed by atoms with Crippen LogP contribution in [0.3, 0.4) is 0 Å². The van der Waals surface area contributed by atoms with Gasteiger partial charge in [-0.15, -0.1) is 0 Å². The van der Waals surface area contributed by atoms with Crippen molar-refractivity contribution < 1.29 is 4.79 Å². The minimum Gasteiger partial charge on any atom is -0.349 e. The Kier molecular flexibility index (Phi) is 5.90. The maximum Gasteiger partial charge on any atom is 0.252 e. The summed E-state index contributed by atoms with van der Waals surface area (Å²) >= 11 is 5.72. The summed E-state index contributed by atoms with van der Waals surface area (Å²) in [4.78, 5) is 12.5. The lowest BCUT2D eigenvalue weighted by Crippen LogP contribution is -2.44. The second-order valence-electron chi connectivity index (χ2n) is 5.90. The van der Waals surface area contributed by atoms with Crippen LogP contribution in [0.1, 0.15) is 49.9 Å². The largest absolute Gasteiger partial charge is 0.349 e. The molecular weight excluding hydrogens is 429 g/mol. The molecule has 2 rings (SSSR count). The number of hydrogen-bond donors (Lipinski definition) is 1. The fourth-order valence-corrected chi connectivity index (χ4v) is 3.97. The molecule has 1 aromatic rings. The van der Waals surface area contributed by atoms with Gasteiger partial charge in [0, 0.05) is 14.1 Å². The fraction of sp³-hybridized carbons (Fsp3) is 0.562. The van der Waals surface area contributed by atoms with Crippen LogP contribution in [0.15, 0.2) is 22.7 Å². The van der Waals surface area contributed by atoms with E-state index in [1.165, 1.54) is 19.3 Å². The number of halogens is 2. The number of rotatable bonds is 3. The summed E-state index contributed by atoms with van der Waals surface area (Å²) in [5.74, 6) is 1.28. The van der Waals surface area contributed by atoms with E-state index >= 15 is 0 Å². The molecule has 0 heterocycles. The van der Waals surface area contributed by atoms with Crippen LogP contribution >= 0.6 is 38.5 Å². The Hall–Kier alpha value is -0.100. The molecular formula is C16H21BrINO. The van der Waals surface area contributed by atoms with Gasteiger partial charge in [0.25, 0.3) is 5.91 Å². The van der Waals surface area contributed by atoms with E-state index in [-0.39, 0.29) is 5.91 Å². The highest BCUT2D eigenvalue weighted by molar-refractivity contribution is 14.1. The molecule has 2 unspecified atom stereocenters. The topological polar surface area (TPSA) is 29.1 Å². The van der Waals surface area contributed by atoms with Crippen LogP contribution < -0.4 is 5.32 Å². The fourth-order valence-electron chi connectivity index (χ4n) is 3.05. The monoisotopic (exact) mass is 449 g/mol. The third-order valence-electron chi connectivity index (χ3n) is 4.17. The first-order valence-corrected chi connectivity index (χ1v) is 9.12. The molecule has 1 aliphatic rings. The molecule has 1 fully saturated rings. The third kappa shape index (κ3) is 3.97. The first kappa shape index (κ1) is 16.3. The van der Waals surface area contributed by atoms with Crippen LogP contribution in [0.4, 0.5) is 0 Å². The van der Waals surface area contributed by atoms with Gasteiger partial charge in [-0.1, -0.05) is 26.7 Å². The molecule has 2 nitrogen and oxygen atoms in total. The van der Waals surface area contributed by atoms with Crippen LogP contribution in [-0.2, 0) is 0 Å². The van der Waals surface area contributed by atoms with Crippen molar-refractivity contribution in [2.75, 3.05) is 0 Å². The lowest BCUT2D eigenvalue weighted by Gasteiger charge is -2.35. The van der Waals surface area contributed by atoms with E-state index in [9.17, 15) is 4.79 Å². The van der Waals surface area contributed by atoms with Crippen molar-refractivity contribution >= 4 is 44.4 Å². The van der Waals surface area contributed by atoms with Crippen molar-refractivity contribution in [3.05, 3.63) is 31.8 Å². The summed E-state index contributed by atoms with van der Waals surface area (Å²) in [5, 5.41) is 3.26. The minimum absolute atomic E-state index is 0.0490. The summed E-state index contributed by atoms with van der Waals surface area (Å²) < 4.78 is 1.95. The molecule has 2 atom stereocenters. The van der Waals surface area contributed by atoms with E-state index in [2.05, 4.69) is 57.7 Å². The van der Waals surface area contributed by atoms with Gasteiger partial charge >= 0.3 is 0 Å². The van der Waals surface area contributed by atoms with Gasteiger partial charge < -0.3 is 5.32 Å². The molecule has 1 saturated carbocycles. The Morgan fingerprint density at radius 3 is 2.75 bits per heavy atom. The number of hydrogen-bond acceptors (Lipinski definition) is 1. The van der Waals surface area contributed by atoms with Crippen molar-refractivity contribution in [3.63, 3.8) is 0 Å². The lowest BCUT2D eigenvalue weighted by atomic mass is 9.78. The van der Waals surface area contributed by atoms with Crippen molar-refractivity contribution in [3.8, 4) is 0 Å². The van der Waals surface area contributed by atoms with E-state index < -0.39 is 0 Å². The predicted molar refractivity (Wildman–Crippen MR) is 94.9 cm³/mol. The molecule has 1 N–H and O–H groups in total. The van der Waals surface area contributed by atoms with E-state index in [0.717, 1.165) is 20.0 Å². The summed E-state index contributed by atoms with van der Waals surface area (Å²) in [6.45, 7) is 4.52. The molecule has 1 aliphatic carbocycles. The Morgan fingerprint density at radius 2 is 2.05 bits per heavy atom. The Balaban J connectivity index is 2.11. The second-order valence-corrected chi connectivity index (χ2v) is 8.00. The summed E-state index contributed by atoms with van der Waals surface area (Å²) in [7, 11) is 0. The quantitative estimate of drug-likeness (QED) is 0.646. The van der Waals surface area contributed by atoms with Crippen molar-refractivity contribution in [2.45, 2.75) is 45.6 Å². The van der Waals surface area contributed by atoms with Crippen LogP contribution in [0.2, 0.25) is 0 Å². The average Bonchev–Trinajstić information content (AvgIpc) is 2.41. The molecule has 0 saturated heterocycles. The number of benzene rings is 1. The Labute approximate surface area is 143 Å². The lowest BCUT2D eigenvalue weighted by molar-refractivity contribution is 0.0888. The average molecular weight is 450 g/mol. The van der Waals surface area contributed by atoms with Crippen molar-refractivity contribution in [2.24, 2.45) is 11.8 Å². The van der Waals surface area contributed by atoms with Crippen molar-refractivity contribution in [1.29, 1.82) is 0 Å². The maximum atomic E-state index is 12.5. The van der Waals surface area contributed by atoms with Crippen molar-refractivity contribution in [1.82, 2.24) is 5.32 Å². The molecule has 20 heavy (non-hydrogen) atoms. The highest BCUT2D eigenvalue weighted by Gasteiger charge is 2.29. The standard InChI is InChI=1S/C16H21BrINO/c1-10(2)12-5-3-4-6-15(12)19-16(20)13-9-11(18)7-8-14(13)17/h7-10,12,15H,3-6H2,1-2H3,(H,19,20). The van der Waals surface area contributed by atoms with E-state index in [1.807, 2.05) is 18.2 Å². The van der Waals surface area contributed by atoms with Gasteiger partial charge in [-0.05, 0) is 81.4 Å². The molecule has 110 valence electrons. The molecule has 0 aromatic heterocycles. The zero-order chi connectivity index (χ0) is 14.7. The number of carbonyl (C=O) groups is 1. The van der Waals surface area contributed by atoms with Gasteiger partial charge in [-0.25, -0.2) is 0 Å². The van der Waals surface area contributed by atoms with Crippen LogP contribution in [0.25, 0.3) is 0 Å². The zero-order valence-corrected chi connectivity index (χ0v) is 15.7. The van der Waals surface area contributed by atoms with Crippen LogP contribution in [-0.4, -0.2) is 11.9 Å². The maximum absolute atomic E-state index is 12.5. The molecule has 1 aromatic carbocycles. The highest BCUT2D eigenvalue weighted by atomic mass is 127. The summed E-state index contributed by atoms with van der Waals surface area (Å²) in [6.07, 6.45) is 4.86. The zero-order valence-electron chi connectivity index (χ0n) is 12.0. The number of carbonyl (C=O) groups excluding carboxylic acids is 1. The molecule has 0 aliphatic heterocycles. The summed E-state index contributed by atoms with van der Waals surface area (Å²) in [6, 6.07) is 6.20. The van der Waals surface area contributed by atoms with Gasteiger partial charge in [0.2, 0.25) is 0 Å². The second kappa shape index (κ2) is 7.25. The molecule has 0 bridgehead atoms. The smallest absolute Gasteiger partial charge is 0.252 e. The Morgan fingerprint density at radius 1 is 1.35 bits per heavy atom. The van der Waals surface area contributed by atoms with Crippen LogP contribution in [0.5, 0.6) is 0 Å².